The molecule has 0 aromatic heterocycles. The van der Waals surface area contributed by atoms with E-state index in [0.717, 1.165) is 18.2 Å². The van der Waals surface area contributed by atoms with E-state index in [9.17, 15) is 24.4 Å². The highest BCUT2D eigenvalue weighted by Gasteiger charge is 2.46. The van der Waals surface area contributed by atoms with E-state index in [4.69, 9.17) is 0 Å². The summed E-state index contributed by atoms with van der Waals surface area (Å²) in [5, 5.41) is 20.7. The van der Waals surface area contributed by atoms with Crippen LogP contribution in [0.25, 0.3) is 0 Å². The number of likely N-dealkylation sites (tertiary alicyclic amines) is 1. The molecule has 1 heterocycles. The number of benzene rings is 1. The number of carbonyl (C=O) groups is 1. The number of amides is 1. The van der Waals surface area contributed by atoms with Crippen LogP contribution in [0.1, 0.15) is 24.2 Å². The maximum Gasteiger partial charge on any atom is 0.270 e. The second-order valence-electron chi connectivity index (χ2n) is 5.34. The largest absolute Gasteiger partial charge is 0.386 e. The Morgan fingerprint density at radius 2 is 2.10 bits per heavy atom. The van der Waals surface area contributed by atoms with Crippen LogP contribution in [0.5, 0.6) is 0 Å². The first-order chi connectivity index (χ1) is 9.24. The lowest BCUT2D eigenvalue weighted by Gasteiger charge is -2.49. The lowest BCUT2D eigenvalue weighted by Crippen LogP contribution is -2.66. The number of rotatable bonds is 3. The minimum Gasteiger partial charge on any atom is -0.386 e. The summed E-state index contributed by atoms with van der Waals surface area (Å²) < 4.78 is 13.6. The predicted molar refractivity (Wildman–Crippen MR) is 68.7 cm³/mol. The van der Waals surface area contributed by atoms with Crippen LogP contribution in [0, 0.1) is 21.8 Å². The fourth-order valence-electron chi connectivity index (χ4n) is 2.08. The number of nitrogens with zero attached hydrogens (tertiary/aromatic N) is 2. The summed E-state index contributed by atoms with van der Waals surface area (Å²) in [6.07, 6.45) is 0. The lowest BCUT2D eigenvalue weighted by molar-refractivity contribution is -0.384. The van der Waals surface area contributed by atoms with Crippen LogP contribution >= 0.6 is 0 Å². The number of hydrogen-bond acceptors (Lipinski definition) is 4. The van der Waals surface area contributed by atoms with Crippen molar-refractivity contribution in [1.82, 2.24) is 4.90 Å². The molecular formula is C13H15FN2O4. The normalized spacial score (nSPS) is 16.9. The topological polar surface area (TPSA) is 83.7 Å². The van der Waals surface area contributed by atoms with Gasteiger partial charge >= 0.3 is 0 Å². The van der Waals surface area contributed by atoms with E-state index < -0.39 is 22.2 Å². The Bertz CT molecular complexity index is 567. The van der Waals surface area contributed by atoms with Gasteiger partial charge in [-0.3, -0.25) is 14.9 Å². The molecule has 0 spiro atoms. The molecule has 0 radical (unpaired) electrons. The molecule has 0 atom stereocenters. The monoisotopic (exact) mass is 282 g/mol. The number of halogens is 1. The molecule has 6 nitrogen and oxygen atoms in total. The van der Waals surface area contributed by atoms with Gasteiger partial charge in [0.25, 0.3) is 11.6 Å². The molecule has 1 fully saturated rings. The van der Waals surface area contributed by atoms with Crippen molar-refractivity contribution in [1.29, 1.82) is 0 Å². The number of carbonyl (C=O) groups excluding carboxylic acids is 1. The molecule has 2 rings (SSSR count). The summed E-state index contributed by atoms with van der Waals surface area (Å²) in [6.45, 7) is 3.86. The minimum atomic E-state index is -0.965. The Morgan fingerprint density at radius 3 is 2.60 bits per heavy atom. The molecule has 108 valence electrons. The second-order valence-corrected chi connectivity index (χ2v) is 5.34. The molecule has 1 saturated heterocycles. The molecule has 0 bridgehead atoms. The van der Waals surface area contributed by atoms with Crippen LogP contribution < -0.4 is 0 Å². The van der Waals surface area contributed by atoms with Crippen molar-refractivity contribution >= 4 is 11.6 Å². The van der Waals surface area contributed by atoms with Crippen molar-refractivity contribution in [2.45, 2.75) is 19.4 Å². The molecule has 0 aliphatic carbocycles. The van der Waals surface area contributed by atoms with E-state index in [1.807, 2.05) is 13.8 Å². The molecule has 1 amide bonds. The summed E-state index contributed by atoms with van der Waals surface area (Å²) in [4.78, 5) is 23.3. The standard InChI is InChI=1S/C13H15FN2O4/c1-8(2)13(18)6-15(7-13)12(17)10-5-9(16(19)20)3-4-11(10)14/h3-5,8,18H,6-7H2,1-2H3. The summed E-state index contributed by atoms with van der Waals surface area (Å²) in [5.41, 5.74) is -1.65. The number of nitro benzene ring substituents is 1. The third kappa shape index (κ3) is 2.36. The van der Waals surface area contributed by atoms with Gasteiger partial charge in [0.2, 0.25) is 0 Å². The van der Waals surface area contributed by atoms with Gasteiger partial charge in [-0.05, 0) is 12.0 Å². The van der Waals surface area contributed by atoms with Crippen molar-refractivity contribution in [3.63, 3.8) is 0 Å². The number of aliphatic hydroxyl groups is 1. The molecule has 1 aromatic rings. The highest BCUT2D eigenvalue weighted by molar-refractivity contribution is 5.95. The SMILES string of the molecule is CC(C)C1(O)CN(C(=O)c2cc([N+](=O)[O-])ccc2F)C1. The molecule has 1 N–H and O–H groups in total. The quantitative estimate of drug-likeness (QED) is 0.674. The van der Waals surface area contributed by atoms with Crippen LogP contribution in [-0.2, 0) is 0 Å². The van der Waals surface area contributed by atoms with Gasteiger partial charge < -0.3 is 10.0 Å². The van der Waals surface area contributed by atoms with Crippen molar-refractivity contribution in [2.75, 3.05) is 13.1 Å². The number of hydrogen-bond donors (Lipinski definition) is 1. The lowest BCUT2D eigenvalue weighted by atomic mass is 9.82. The van der Waals surface area contributed by atoms with Crippen molar-refractivity contribution in [3.05, 3.63) is 39.7 Å². The summed E-state index contributed by atoms with van der Waals surface area (Å²) >= 11 is 0. The van der Waals surface area contributed by atoms with Crippen LogP contribution in [0.2, 0.25) is 0 Å². The first-order valence-corrected chi connectivity index (χ1v) is 6.20. The van der Waals surface area contributed by atoms with E-state index in [-0.39, 0.29) is 30.3 Å². The minimum absolute atomic E-state index is 0.0264. The molecule has 0 saturated carbocycles. The number of β-amino-alcohol motifs (C(OH)–C–C–N with tert-alkyl or cyclic N) is 1. The maximum absolute atomic E-state index is 13.6. The summed E-state index contributed by atoms with van der Waals surface area (Å²) in [6, 6.07) is 2.83. The fraction of sp³-hybridized carbons (Fsp3) is 0.462. The molecule has 0 unspecified atom stereocenters. The average Bonchev–Trinajstić information content (AvgIpc) is 2.34. The third-order valence-corrected chi connectivity index (χ3v) is 3.68. The van der Waals surface area contributed by atoms with E-state index in [2.05, 4.69) is 0 Å². The Morgan fingerprint density at radius 1 is 1.50 bits per heavy atom. The van der Waals surface area contributed by atoms with Crippen molar-refractivity contribution in [2.24, 2.45) is 5.92 Å². The summed E-state index contributed by atoms with van der Waals surface area (Å²) in [5.74, 6) is -1.47. The van der Waals surface area contributed by atoms with E-state index in [1.54, 1.807) is 0 Å². The predicted octanol–water partition coefficient (Wildman–Crippen LogP) is 1.58. The zero-order valence-electron chi connectivity index (χ0n) is 11.2. The van der Waals surface area contributed by atoms with E-state index >= 15 is 0 Å². The first kappa shape index (κ1) is 14.4. The van der Waals surface area contributed by atoms with E-state index in [1.165, 1.54) is 4.90 Å². The highest BCUT2D eigenvalue weighted by atomic mass is 19.1. The zero-order chi connectivity index (χ0) is 15.1. The Kier molecular flexibility index (Phi) is 3.47. The van der Waals surface area contributed by atoms with Crippen molar-refractivity contribution < 1.29 is 19.2 Å². The third-order valence-electron chi connectivity index (χ3n) is 3.68. The van der Waals surface area contributed by atoms with Crippen LogP contribution in [0.3, 0.4) is 0 Å². The smallest absolute Gasteiger partial charge is 0.270 e. The average molecular weight is 282 g/mol. The molecule has 7 heteroatoms. The van der Waals surface area contributed by atoms with Gasteiger partial charge in [0.1, 0.15) is 11.4 Å². The second kappa shape index (κ2) is 4.82. The van der Waals surface area contributed by atoms with Gasteiger partial charge in [0, 0.05) is 12.1 Å². The number of nitro groups is 1. The van der Waals surface area contributed by atoms with Gasteiger partial charge in [-0.1, -0.05) is 13.8 Å². The van der Waals surface area contributed by atoms with Gasteiger partial charge in [-0.25, -0.2) is 4.39 Å². The molecular weight excluding hydrogens is 267 g/mol. The first-order valence-electron chi connectivity index (χ1n) is 6.20. The van der Waals surface area contributed by atoms with E-state index in [0.29, 0.717) is 0 Å². The Balaban J connectivity index is 2.19. The van der Waals surface area contributed by atoms with Crippen molar-refractivity contribution in [3.8, 4) is 0 Å². The molecule has 1 aliphatic rings. The van der Waals surface area contributed by atoms with Crippen LogP contribution in [0.15, 0.2) is 18.2 Å². The van der Waals surface area contributed by atoms with Crippen LogP contribution in [-0.4, -0.2) is 39.5 Å². The zero-order valence-corrected chi connectivity index (χ0v) is 11.2. The van der Waals surface area contributed by atoms with Gasteiger partial charge in [-0.2, -0.15) is 0 Å². The van der Waals surface area contributed by atoms with Gasteiger partial charge in [-0.15, -0.1) is 0 Å². The molecule has 20 heavy (non-hydrogen) atoms. The van der Waals surface area contributed by atoms with Gasteiger partial charge in [0.05, 0.1) is 23.6 Å². The fourth-order valence-corrected chi connectivity index (χ4v) is 2.08. The maximum atomic E-state index is 13.6. The van der Waals surface area contributed by atoms with Crippen LogP contribution in [0.4, 0.5) is 10.1 Å². The Labute approximate surface area is 115 Å². The molecule has 1 aromatic carbocycles. The van der Waals surface area contributed by atoms with Gasteiger partial charge in [0.15, 0.2) is 0 Å². The number of non-ortho nitro benzene ring substituents is 1. The summed E-state index contributed by atoms with van der Waals surface area (Å²) in [7, 11) is 0. The Hall–Kier alpha value is -2.02. The molecule has 1 aliphatic heterocycles. The highest BCUT2D eigenvalue weighted by Crippen LogP contribution is 2.30.